The van der Waals surface area contributed by atoms with Crippen molar-refractivity contribution in [2.75, 3.05) is 7.11 Å². The molecule has 7 heteroatoms. The average Bonchev–Trinajstić information content (AvgIpc) is 3.29. The molecular formula is C28H30N4O2S. The lowest BCUT2D eigenvalue weighted by molar-refractivity contribution is 0.0949. The highest BCUT2D eigenvalue weighted by atomic mass is 32.2. The van der Waals surface area contributed by atoms with Crippen LogP contribution in [0.5, 0.6) is 5.75 Å². The van der Waals surface area contributed by atoms with Crippen molar-refractivity contribution >= 4 is 17.7 Å². The van der Waals surface area contributed by atoms with Gasteiger partial charge in [0.15, 0.2) is 11.0 Å². The van der Waals surface area contributed by atoms with Crippen molar-refractivity contribution in [3.8, 4) is 11.4 Å². The lowest BCUT2D eigenvalue weighted by atomic mass is 10.1. The number of aromatic nitrogens is 3. The van der Waals surface area contributed by atoms with E-state index in [1.807, 2.05) is 18.2 Å². The molecule has 4 rings (SSSR count). The molecule has 1 N–H and O–H groups in total. The lowest BCUT2D eigenvalue weighted by Gasteiger charge is -2.18. The Labute approximate surface area is 210 Å². The van der Waals surface area contributed by atoms with Crippen LogP contribution in [0.3, 0.4) is 0 Å². The number of aryl methyl sites for hydroxylation is 2. The van der Waals surface area contributed by atoms with E-state index in [4.69, 9.17) is 4.74 Å². The third kappa shape index (κ3) is 5.57. The summed E-state index contributed by atoms with van der Waals surface area (Å²) in [6.07, 6.45) is 0.880. The molecule has 1 aromatic heterocycles. The van der Waals surface area contributed by atoms with Gasteiger partial charge in [0.1, 0.15) is 5.75 Å². The van der Waals surface area contributed by atoms with Crippen LogP contribution in [-0.4, -0.2) is 27.8 Å². The molecule has 1 atom stereocenters. The van der Waals surface area contributed by atoms with E-state index in [2.05, 4.69) is 71.2 Å². The maximum Gasteiger partial charge on any atom is 0.251 e. The fourth-order valence-electron chi connectivity index (χ4n) is 3.99. The number of methoxy groups -OCH3 is 1. The number of thioether (sulfide) groups is 1. The molecule has 3 aromatic carbocycles. The van der Waals surface area contributed by atoms with Crippen LogP contribution in [0.4, 0.5) is 0 Å². The molecule has 1 heterocycles. The van der Waals surface area contributed by atoms with Crippen molar-refractivity contribution in [1.82, 2.24) is 20.1 Å². The van der Waals surface area contributed by atoms with Gasteiger partial charge in [0.2, 0.25) is 0 Å². The fraction of sp³-hybridized carbons (Fsp3) is 0.250. The van der Waals surface area contributed by atoms with E-state index < -0.39 is 0 Å². The number of amides is 1. The molecule has 1 unspecified atom stereocenters. The quantitative estimate of drug-likeness (QED) is 0.297. The molecule has 1 amide bonds. The molecule has 0 saturated heterocycles. The smallest absolute Gasteiger partial charge is 0.251 e. The molecule has 0 aliphatic heterocycles. The van der Waals surface area contributed by atoms with E-state index in [9.17, 15) is 4.79 Å². The standard InChI is InChI=1S/C28H30N4O2S/c1-5-21-13-9-10-19(2)26(21)32-25(18-29-27(33)23-14-16-24(34-4)17-15-23)30-31-28(32)35-20(3)22-11-7-6-8-12-22/h6-17,20H,5,18H2,1-4H3,(H,29,33). The maximum atomic E-state index is 12.8. The Morgan fingerprint density at radius 2 is 1.77 bits per heavy atom. The van der Waals surface area contributed by atoms with Crippen LogP contribution in [0.15, 0.2) is 78.0 Å². The summed E-state index contributed by atoms with van der Waals surface area (Å²) < 4.78 is 7.29. The summed E-state index contributed by atoms with van der Waals surface area (Å²) in [5.41, 5.74) is 5.22. The zero-order chi connectivity index (χ0) is 24.8. The van der Waals surface area contributed by atoms with Gasteiger partial charge in [-0.2, -0.15) is 0 Å². The normalized spacial score (nSPS) is 11.8. The minimum Gasteiger partial charge on any atom is -0.497 e. The van der Waals surface area contributed by atoms with E-state index in [1.54, 1.807) is 43.1 Å². The molecule has 180 valence electrons. The monoisotopic (exact) mass is 486 g/mol. The number of benzene rings is 3. The summed E-state index contributed by atoms with van der Waals surface area (Å²) in [4.78, 5) is 12.8. The van der Waals surface area contributed by atoms with Gasteiger partial charge in [0, 0.05) is 10.8 Å². The Hall–Kier alpha value is -3.58. The summed E-state index contributed by atoms with van der Waals surface area (Å²) in [6, 6.07) is 23.7. The fourth-order valence-corrected chi connectivity index (χ4v) is 4.99. The highest BCUT2D eigenvalue weighted by Crippen LogP contribution is 2.36. The topological polar surface area (TPSA) is 69.0 Å². The predicted octanol–water partition coefficient (Wildman–Crippen LogP) is 5.93. The van der Waals surface area contributed by atoms with E-state index in [0.717, 1.165) is 22.8 Å². The first kappa shape index (κ1) is 24.5. The molecule has 0 aliphatic carbocycles. The molecular weight excluding hydrogens is 456 g/mol. The zero-order valence-corrected chi connectivity index (χ0v) is 21.3. The van der Waals surface area contributed by atoms with Crippen LogP contribution in [0, 0.1) is 6.92 Å². The Bertz CT molecular complexity index is 1290. The first-order valence-corrected chi connectivity index (χ1v) is 12.6. The molecule has 0 saturated carbocycles. The van der Waals surface area contributed by atoms with Gasteiger partial charge in [0.05, 0.1) is 19.3 Å². The van der Waals surface area contributed by atoms with Crippen molar-refractivity contribution in [3.05, 3.63) is 101 Å². The number of ether oxygens (including phenoxy) is 1. The molecule has 0 bridgehead atoms. The first-order valence-electron chi connectivity index (χ1n) is 11.7. The van der Waals surface area contributed by atoms with Crippen molar-refractivity contribution in [3.63, 3.8) is 0 Å². The van der Waals surface area contributed by atoms with E-state index in [-0.39, 0.29) is 17.7 Å². The van der Waals surface area contributed by atoms with Gasteiger partial charge in [-0.15, -0.1) is 10.2 Å². The number of carbonyl (C=O) groups is 1. The van der Waals surface area contributed by atoms with Crippen LogP contribution in [-0.2, 0) is 13.0 Å². The van der Waals surface area contributed by atoms with Gasteiger partial charge in [-0.1, -0.05) is 67.2 Å². The maximum absolute atomic E-state index is 12.8. The Balaban J connectivity index is 1.66. The molecule has 4 aromatic rings. The summed E-state index contributed by atoms with van der Waals surface area (Å²) >= 11 is 1.66. The largest absolute Gasteiger partial charge is 0.497 e. The third-order valence-corrected chi connectivity index (χ3v) is 7.04. The molecule has 35 heavy (non-hydrogen) atoms. The molecule has 0 fully saturated rings. The number of para-hydroxylation sites is 1. The number of carbonyl (C=O) groups excluding carboxylic acids is 1. The summed E-state index contributed by atoms with van der Waals surface area (Å²) in [5, 5.41) is 13.1. The SMILES string of the molecule is CCc1cccc(C)c1-n1c(CNC(=O)c2ccc(OC)cc2)nnc1SC(C)c1ccccc1. The zero-order valence-electron chi connectivity index (χ0n) is 20.5. The second-order valence-corrected chi connectivity index (χ2v) is 9.56. The molecule has 6 nitrogen and oxygen atoms in total. The van der Waals surface area contributed by atoms with Crippen LogP contribution in [0.2, 0.25) is 0 Å². The summed E-state index contributed by atoms with van der Waals surface area (Å²) in [7, 11) is 1.60. The number of nitrogens with one attached hydrogen (secondary N) is 1. The second kappa shape index (κ2) is 11.2. The lowest BCUT2D eigenvalue weighted by Crippen LogP contribution is -2.25. The van der Waals surface area contributed by atoms with E-state index >= 15 is 0 Å². The highest BCUT2D eigenvalue weighted by Gasteiger charge is 2.21. The number of nitrogens with zero attached hydrogens (tertiary/aromatic N) is 3. The first-order chi connectivity index (χ1) is 17.0. The molecule has 0 radical (unpaired) electrons. The van der Waals surface area contributed by atoms with Gasteiger partial charge in [-0.3, -0.25) is 9.36 Å². The van der Waals surface area contributed by atoms with Gasteiger partial charge in [-0.05, 0) is 61.2 Å². The van der Waals surface area contributed by atoms with Crippen LogP contribution in [0.1, 0.15) is 52.0 Å². The van der Waals surface area contributed by atoms with Crippen LogP contribution >= 0.6 is 11.8 Å². The Morgan fingerprint density at radius 3 is 2.46 bits per heavy atom. The third-order valence-electron chi connectivity index (χ3n) is 5.94. The van der Waals surface area contributed by atoms with Crippen molar-refractivity contribution in [2.24, 2.45) is 0 Å². The van der Waals surface area contributed by atoms with Gasteiger partial charge >= 0.3 is 0 Å². The van der Waals surface area contributed by atoms with Gasteiger partial charge in [-0.25, -0.2) is 0 Å². The average molecular weight is 487 g/mol. The second-order valence-electron chi connectivity index (χ2n) is 8.25. The molecule has 0 aliphatic rings. The number of hydrogen-bond donors (Lipinski definition) is 1. The van der Waals surface area contributed by atoms with Crippen molar-refractivity contribution < 1.29 is 9.53 Å². The molecule has 0 spiro atoms. The Morgan fingerprint density at radius 1 is 1.03 bits per heavy atom. The van der Waals surface area contributed by atoms with Crippen LogP contribution < -0.4 is 10.1 Å². The predicted molar refractivity (Wildman–Crippen MR) is 140 cm³/mol. The van der Waals surface area contributed by atoms with Gasteiger partial charge in [0.25, 0.3) is 5.91 Å². The van der Waals surface area contributed by atoms with E-state index in [1.165, 1.54) is 11.1 Å². The number of hydrogen-bond acceptors (Lipinski definition) is 5. The summed E-state index contributed by atoms with van der Waals surface area (Å²) in [6.45, 7) is 6.68. The van der Waals surface area contributed by atoms with E-state index in [0.29, 0.717) is 17.1 Å². The van der Waals surface area contributed by atoms with Crippen LogP contribution in [0.25, 0.3) is 5.69 Å². The Kier molecular flexibility index (Phi) is 7.87. The minimum absolute atomic E-state index is 0.172. The highest BCUT2D eigenvalue weighted by molar-refractivity contribution is 7.99. The minimum atomic E-state index is -0.172. The van der Waals surface area contributed by atoms with Crippen molar-refractivity contribution in [2.45, 2.75) is 44.1 Å². The van der Waals surface area contributed by atoms with Crippen molar-refractivity contribution in [1.29, 1.82) is 0 Å². The van der Waals surface area contributed by atoms with Gasteiger partial charge < -0.3 is 10.1 Å². The summed E-state index contributed by atoms with van der Waals surface area (Å²) in [5.74, 6) is 1.23. The number of rotatable bonds is 9.